The highest BCUT2D eigenvalue weighted by molar-refractivity contribution is 5.83. The van der Waals surface area contributed by atoms with E-state index in [1.165, 1.54) is 12.1 Å². The lowest BCUT2D eigenvalue weighted by Crippen LogP contribution is -2.52. The van der Waals surface area contributed by atoms with Crippen molar-refractivity contribution in [1.82, 2.24) is 9.80 Å². The number of carboxylic acids is 4. The molecular formula is C16H18N4O8. The molecular weight excluding hydrogens is 376 g/mol. The molecule has 1 heterocycles. The van der Waals surface area contributed by atoms with Gasteiger partial charge in [0.2, 0.25) is 0 Å². The Hall–Kier alpha value is -3.38. The second-order valence-electron chi connectivity index (χ2n) is 5.98. The molecule has 0 bridgehead atoms. The topological polar surface area (TPSA) is 180 Å². The molecule has 1 aliphatic heterocycles. The average Bonchev–Trinajstić information content (AvgIpc) is 3.39. The first-order chi connectivity index (χ1) is 13.2. The van der Waals surface area contributed by atoms with Crippen LogP contribution in [0, 0.1) is 0 Å². The molecule has 4 N–H and O–H groups in total. The summed E-state index contributed by atoms with van der Waals surface area (Å²) in [6.45, 7) is -1.75. The highest BCUT2D eigenvalue weighted by atomic mass is 16.4. The lowest BCUT2D eigenvalue weighted by Gasteiger charge is -2.32. The first-order valence-electron chi connectivity index (χ1n) is 8.05. The predicted molar refractivity (Wildman–Crippen MR) is 90.5 cm³/mol. The van der Waals surface area contributed by atoms with E-state index in [1.807, 2.05) is 0 Å². The third kappa shape index (κ3) is 4.86. The zero-order chi connectivity index (χ0) is 20.9. The molecule has 0 radical (unpaired) electrons. The standard InChI is InChI=1S/C16H18N4O8/c21-11(22)8-19(9-12(23)24)6-7-20(16(15(27)28)17-18-16)13(14(25)26)10-4-2-1-3-5-10/h1-5,13H,6-9H2,(H,21,22)(H,23,24)(H,25,26)(H,27,28). The van der Waals surface area contributed by atoms with Gasteiger partial charge in [0.1, 0.15) is 6.04 Å². The molecule has 0 saturated heterocycles. The van der Waals surface area contributed by atoms with Gasteiger partial charge in [0.25, 0.3) is 0 Å². The van der Waals surface area contributed by atoms with Crippen LogP contribution in [-0.4, -0.2) is 86.1 Å². The molecule has 0 aromatic heterocycles. The molecule has 0 spiro atoms. The third-order valence-corrected chi connectivity index (χ3v) is 4.01. The summed E-state index contributed by atoms with van der Waals surface area (Å²) in [4.78, 5) is 47.5. The van der Waals surface area contributed by atoms with Crippen LogP contribution in [0.4, 0.5) is 0 Å². The number of benzene rings is 1. The van der Waals surface area contributed by atoms with Gasteiger partial charge in [0.15, 0.2) is 0 Å². The van der Waals surface area contributed by atoms with Crippen LogP contribution in [-0.2, 0) is 19.2 Å². The number of aliphatic carboxylic acids is 4. The molecule has 1 aromatic rings. The summed E-state index contributed by atoms with van der Waals surface area (Å²) < 4.78 is 0. The van der Waals surface area contributed by atoms with Crippen LogP contribution >= 0.6 is 0 Å². The molecule has 0 aliphatic carbocycles. The van der Waals surface area contributed by atoms with Crippen molar-refractivity contribution in [1.29, 1.82) is 0 Å². The van der Waals surface area contributed by atoms with Crippen LogP contribution in [0.2, 0.25) is 0 Å². The molecule has 1 aromatic carbocycles. The van der Waals surface area contributed by atoms with Crippen molar-refractivity contribution in [2.75, 3.05) is 26.2 Å². The highest BCUT2D eigenvalue weighted by Crippen LogP contribution is 2.39. The Morgan fingerprint density at radius 2 is 1.43 bits per heavy atom. The summed E-state index contributed by atoms with van der Waals surface area (Å²) in [7, 11) is 0. The lowest BCUT2D eigenvalue weighted by atomic mass is 10.0. The SMILES string of the molecule is O=C(O)CN(CCN(C(C(=O)O)c1ccccc1)C1(C(=O)O)N=N1)CC(=O)O. The zero-order valence-electron chi connectivity index (χ0n) is 14.5. The van der Waals surface area contributed by atoms with Gasteiger partial charge >= 0.3 is 29.7 Å². The molecule has 0 fully saturated rings. The minimum atomic E-state index is -2.11. The van der Waals surface area contributed by atoms with Gasteiger partial charge in [-0.1, -0.05) is 30.3 Å². The zero-order valence-corrected chi connectivity index (χ0v) is 14.5. The van der Waals surface area contributed by atoms with E-state index in [2.05, 4.69) is 10.2 Å². The molecule has 150 valence electrons. The number of carbonyl (C=O) groups is 4. The first-order valence-corrected chi connectivity index (χ1v) is 8.05. The maximum absolute atomic E-state index is 11.9. The summed E-state index contributed by atoms with van der Waals surface area (Å²) >= 11 is 0. The van der Waals surface area contributed by atoms with Crippen LogP contribution in [0.1, 0.15) is 11.6 Å². The van der Waals surface area contributed by atoms with Gasteiger partial charge in [-0.2, -0.15) is 0 Å². The number of nitrogens with zero attached hydrogens (tertiary/aromatic N) is 4. The predicted octanol–water partition coefficient (Wildman–Crippen LogP) is -0.210. The molecule has 12 nitrogen and oxygen atoms in total. The summed E-state index contributed by atoms with van der Waals surface area (Å²) in [5.41, 5.74) is 0.274. The Bertz CT molecular complexity index is 775. The van der Waals surface area contributed by atoms with E-state index in [-0.39, 0.29) is 18.7 Å². The second kappa shape index (κ2) is 8.54. The Kier molecular flexibility index (Phi) is 6.38. The molecule has 0 saturated carbocycles. The van der Waals surface area contributed by atoms with E-state index < -0.39 is 48.8 Å². The van der Waals surface area contributed by atoms with Crippen molar-refractivity contribution < 1.29 is 39.6 Å². The van der Waals surface area contributed by atoms with Crippen LogP contribution in [0.25, 0.3) is 0 Å². The van der Waals surface area contributed by atoms with Gasteiger partial charge in [-0.3, -0.25) is 19.3 Å². The number of rotatable bonds is 12. The van der Waals surface area contributed by atoms with Crippen LogP contribution < -0.4 is 0 Å². The summed E-state index contributed by atoms with van der Waals surface area (Å²) in [5.74, 6) is -7.51. The van der Waals surface area contributed by atoms with E-state index >= 15 is 0 Å². The smallest absolute Gasteiger partial charge is 0.374 e. The first kappa shape index (κ1) is 20.9. The van der Waals surface area contributed by atoms with Crippen molar-refractivity contribution >= 4 is 23.9 Å². The van der Waals surface area contributed by atoms with E-state index in [1.54, 1.807) is 18.2 Å². The molecule has 1 aliphatic rings. The Morgan fingerprint density at radius 1 is 0.893 bits per heavy atom. The Labute approximate surface area is 158 Å². The Morgan fingerprint density at radius 3 is 1.82 bits per heavy atom. The normalized spacial score (nSPS) is 15.4. The van der Waals surface area contributed by atoms with Gasteiger partial charge in [-0.15, -0.1) is 10.2 Å². The van der Waals surface area contributed by atoms with E-state index in [0.29, 0.717) is 0 Å². The quantitative estimate of drug-likeness (QED) is 0.370. The summed E-state index contributed by atoms with van der Waals surface area (Å²) in [5, 5.41) is 44.0. The van der Waals surface area contributed by atoms with Crippen LogP contribution in [0.15, 0.2) is 40.6 Å². The third-order valence-electron chi connectivity index (χ3n) is 4.01. The van der Waals surface area contributed by atoms with Gasteiger partial charge in [-0.25, -0.2) is 9.69 Å². The van der Waals surface area contributed by atoms with E-state index in [9.17, 15) is 29.4 Å². The maximum Gasteiger partial charge on any atom is 0.374 e. The number of hydrogen-bond acceptors (Lipinski definition) is 8. The summed E-state index contributed by atoms with van der Waals surface area (Å²) in [6.07, 6.45) is 0. The van der Waals surface area contributed by atoms with E-state index in [0.717, 1.165) is 9.80 Å². The van der Waals surface area contributed by atoms with Gasteiger partial charge < -0.3 is 20.4 Å². The summed E-state index contributed by atoms with van der Waals surface area (Å²) in [6, 6.07) is 6.38. The van der Waals surface area contributed by atoms with Crippen molar-refractivity contribution in [2.24, 2.45) is 10.2 Å². The minimum absolute atomic E-state index is 0.227. The average molecular weight is 394 g/mol. The number of hydrogen-bond donors (Lipinski definition) is 4. The van der Waals surface area contributed by atoms with Crippen molar-refractivity contribution in [3.05, 3.63) is 35.9 Å². The molecule has 12 heteroatoms. The second-order valence-corrected chi connectivity index (χ2v) is 5.98. The largest absolute Gasteiger partial charge is 0.480 e. The van der Waals surface area contributed by atoms with Crippen molar-refractivity contribution in [3.8, 4) is 0 Å². The molecule has 1 unspecified atom stereocenters. The number of carboxylic acid groups (broad SMARTS) is 4. The van der Waals surface area contributed by atoms with Crippen LogP contribution in [0.3, 0.4) is 0 Å². The molecule has 28 heavy (non-hydrogen) atoms. The van der Waals surface area contributed by atoms with Crippen molar-refractivity contribution in [3.63, 3.8) is 0 Å². The van der Waals surface area contributed by atoms with Crippen molar-refractivity contribution in [2.45, 2.75) is 11.8 Å². The highest BCUT2D eigenvalue weighted by Gasteiger charge is 2.58. The molecule has 2 rings (SSSR count). The maximum atomic E-state index is 11.9. The van der Waals surface area contributed by atoms with Crippen LogP contribution in [0.5, 0.6) is 0 Å². The minimum Gasteiger partial charge on any atom is -0.480 e. The Balaban J connectivity index is 2.31. The fraction of sp³-hybridized carbons (Fsp3) is 0.375. The van der Waals surface area contributed by atoms with E-state index in [4.69, 9.17) is 10.2 Å². The van der Waals surface area contributed by atoms with Gasteiger partial charge in [-0.05, 0) is 5.56 Å². The lowest BCUT2D eigenvalue weighted by molar-refractivity contribution is -0.155. The fourth-order valence-corrected chi connectivity index (χ4v) is 2.77. The molecule has 0 amide bonds. The fourth-order valence-electron chi connectivity index (χ4n) is 2.77. The molecule has 1 atom stereocenters. The van der Waals surface area contributed by atoms with Gasteiger partial charge in [0.05, 0.1) is 13.1 Å². The van der Waals surface area contributed by atoms with Gasteiger partial charge in [0, 0.05) is 13.1 Å². The monoisotopic (exact) mass is 394 g/mol.